The van der Waals surface area contributed by atoms with Gasteiger partial charge in [-0.15, -0.1) is 0 Å². The van der Waals surface area contributed by atoms with Gasteiger partial charge in [0.05, 0.1) is 17.1 Å². The van der Waals surface area contributed by atoms with E-state index in [9.17, 15) is 14.5 Å². The number of epoxide rings is 1. The van der Waals surface area contributed by atoms with Crippen LogP contribution in [0, 0.1) is 15.9 Å². The van der Waals surface area contributed by atoms with Crippen LogP contribution in [-0.4, -0.2) is 11.5 Å². The van der Waals surface area contributed by atoms with Gasteiger partial charge in [0, 0.05) is 6.07 Å². The molecule has 1 atom stereocenters. The van der Waals surface area contributed by atoms with Crippen LogP contribution in [0.25, 0.3) is 0 Å². The van der Waals surface area contributed by atoms with Gasteiger partial charge in [0.2, 0.25) is 0 Å². The highest BCUT2D eigenvalue weighted by Gasteiger charge is 2.34. The molecule has 0 aliphatic carbocycles. The third-order valence-electron chi connectivity index (χ3n) is 1.88. The predicted molar refractivity (Wildman–Crippen MR) is 41.7 cm³/mol. The van der Waals surface area contributed by atoms with Crippen molar-refractivity contribution in [2.24, 2.45) is 0 Å². The van der Waals surface area contributed by atoms with Gasteiger partial charge < -0.3 is 4.74 Å². The van der Waals surface area contributed by atoms with E-state index >= 15 is 0 Å². The summed E-state index contributed by atoms with van der Waals surface area (Å²) in [6.45, 7) is 0.363. The van der Waals surface area contributed by atoms with Gasteiger partial charge in [0.15, 0.2) is 0 Å². The molecule has 1 fully saturated rings. The maximum Gasteiger partial charge on any atom is 0.278 e. The first kappa shape index (κ1) is 8.12. The zero-order valence-corrected chi connectivity index (χ0v) is 6.57. The molecule has 1 heterocycles. The van der Waals surface area contributed by atoms with E-state index in [0.29, 0.717) is 6.61 Å². The van der Waals surface area contributed by atoms with Crippen molar-refractivity contribution in [3.63, 3.8) is 0 Å². The van der Waals surface area contributed by atoms with Crippen molar-refractivity contribution in [3.8, 4) is 0 Å². The topological polar surface area (TPSA) is 55.7 Å². The molecule has 0 unspecified atom stereocenters. The summed E-state index contributed by atoms with van der Waals surface area (Å²) in [5.74, 6) is -0.572. The van der Waals surface area contributed by atoms with Crippen LogP contribution in [-0.2, 0) is 4.74 Å². The number of benzene rings is 1. The third kappa shape index (κ3) is 1.38. The lowest BCUT2D eigenvalue weighted by Gasteiger charge is -1.99. The second kappa shape index (κ2) is 2.77. The van der Waals surface area contributed by atoms with Crippen molar-refractivity contribution in [2.45, 2.75) is 6.10 Å². The van der Waals surface area contributed by atoms with E-state index in [1.54, 1.807) is 0 Å². The minimum atomic E-state index is -0.597. The Morgan fingerprint density at radius 2 is 2.31 bits per heavy atom. The Morgan fingerprint density at radius 1 is 1.62 bits per heavy atom. The molecule has 0 bridgehead atoms. The average Bonchev–Trinajstić information content (AvgIpc) is 2.86. The largest absolute Gasteiger partial charge is 0.368 e. The van der Waals surface area contributed by atoms with Gasteiger partial charge in [0.1, 0.15) is 11.9 Å². The van der Waals surface area contributed by atoms with Crippen LogP contribution in [0.2, 0.25) is 0 Å². The predicted octanol–water partition coefficient (Wildman–Crippen LogP) is 1.81. The van der Waals surface area contributed by atoms with Crippen molar-refractivity contribution in [1.29, 1.82) is 0 Å². The van der Waals surface area contributed by atoms with E-state index in [2.05, 4.69) is 0 Å². The lowest BCUT2D eigenvalue weighted by atomic mass is 10.1. The molecule has 2 rings (SSSR count). The first-order valence-electron chi connectivity index (χ1n) is 3.74. The molecular weight excluding hydrogens is 177 g/mol. The summed E-state index contributed by atoms with van der Waals surface area (Å²) in [5.41, 5.74) is -0.144. The molecule has 0 N–H and O–H groups in total. The van der Waals surface area contributed by atoms with E-state index < -0.39 is 16.8 Å². The van der Waals surface area contributed by atoms with Crippen molar-refractivity contribution >= 4 is 5.69 Å². The normalized spacial score (nSPS) is 19.9. The fourth-order valence-corrected chi connectivity index (χ4v) is 1.22. The van der Waals surface area contributed by atoms with E-state index in [1.165, 1.54) is 18.2 Å². The molecule has 1 aromatic carbocycles. The van der Waals surface area contributed by atoms with Gasteiger partial charge in [-0.3, -0.25) is 10.1 Å². The molecule has 0 aromatic heterocycles. The van der Waals surface area contributed by atoms with Crippen LogP contribution < -0.4 is 0 Å². The van der Waals surface area contributed by atoms with E-state index in [-0.39, 0.29) is 11.3 Å². The van der Waals surface area contributed by atoms with Crippen LogP contribution in [0.5, 0.6) is 0 Å². The fraction of sp³-hybridized carbons (Fsp3) is 0.250. The zero-order chi connectivity index (χ0) is 9.42. The lowest BCUT2D eigenvalue weighted by Crippen LogP contribution is -1.97. The molecule has 4 nitrogen and oxygen atoms in total. The Morgan fingerprint density at radius 3 is 2.85 bits per heavy atom. The highest BCUT2D eigenvalue weighted by atomic mass is 19.1. The van der Waals surface area contributed by atoms with Crippen LogP contribution >= 0.6 is 0 Å². The SMILES string of the molecule is O=[N+]([O-])c1cccc(F)c1[C@H]1CO1. The molecule has 1 saturated heterocycles. The summed E-state index contributed by atoms with van der Waals surface area (Å²) >= 11 is 0. The van der Waals surface area contributed by atoms with Crippen molar-refractivity contribution in [3.05, 3.63) is 39.7 Å². The Bertz CT molecular complexity index is 362. The van der Waals surface area contributed by atoms with Crippen molar-refractivity contribution < 1.29 is 14.1 Å². The summed E-state index contributed by atoms with van der Waals surface area (Å²) in [4.78, 5) is 9.89. The molecule has 13 heavy (non-hydrogen) atoms. The number of rotatable bonds is 2. The summed E-state index contributed by atoms with van der Waals surface area (Å²) in [6.07, 6.45) is -0.429. The number of nitro groups is 1. The molecule has 1 aromatic rings. The fourth-order valence-electron chi connectivity index (χ4n) is 1.22. The third-order valence-corrected chi connectivity index (χ3v) is 1.88. The maximum atomic E-state index is 13.1. The van der Waals surface area contributed by atoms with E-state index in [0.717, 1.165) is 0 Å². The summed E-state index contributed by atoms with van der Waals surface area (Å²) < 4.78 is 17.9. The Labute approximate surface area is 73.1 Å². The van der Waals surface area contributed by atoms with Crippen LogP contribution in [0.1, 0.15) is 11.7 Å². The van der Waals surface area contributed by atoms with Gasteiger partial charge >= 0.3 is 0 Å². The molecule has 0 saturated carbocycles. The highest BCUT2D eigenvalue weighted by Crippen LogP contribution is 2.37. The molecule has 68 valence electrons. The second-order valence-electron chi connectivity index (χ2n) is 2.75. The summed E-state index contributed by atoms with van der Waals surface area (Å²) in [7, 11) is 0. The van der Waals surface area contributed by atoms with E-state index in [4.69, 9.17) is 4.74 Å². The summed E-state index contributed by atoms with van der Waals surface area (Å²) in [5, 5.41) is 10.5. The second-order valence-corrected chi connectivity index (χ2v) is 2.75. The number of hydrogen-bond acceptors (Lipinski definition) is 3. The maximum absolute atomic E-state index is 13.1. The molecular formula is C8H6FNO3. The van der Waals surface area contributed by atoms with Crippen LogP contribution in [0.3, 0.4) is 0 Å². The standard InChI is InChI=1S/C8H6FNO3/c9-5-2-1-3-6(10(11)12)8(5)7-4-13-7/h1-3,7H,4H2/t7-/m1/s1. The van der Waals surface area contributed by atoms with Gasteiger partial charge in [0.25, 0.3) is 5.69 Å². The Balaban J connectivity index is 2.53. The summed E-state index contributed by atoms with van der Waals surface area (Å²) in [6, 6.07) is 3.80. The number of halogens is 1. The van der Waals surface area contributed by atoms with Crippen molar-refractivity contribution in [1.82, 2.24) is 0 Å². The lowest BCUT2D eigenvalue weighted by molar-refractivity contribution is -0.385. The number of nitrogens with zero attached hydrogens (tertiary/aromatic N) is 1. The average molecular weight is 183 g/mol. The number of ether oxygens (including phenoxy) is 1. The number of nitro benzene ring substituents is 1. The minimum Gasteiger partial charge on any atom is -0.368 e. The first-order valence-corrected chi connectivity index (χ1v) is 3.74. The van der Waals surface area contributed by atoms with E-state index in [1.807, 2.05) is 0 Å². The van der Waals surface area contributed by atoms with Crippen LogP contribution in [0.4, 0.5) is 10.1 Å². The minimum absolute atomic E-state index is 0.0625. The monoisotopic (exact) mass is 183 g/mol. The van der Waals surface area contributed by atoms with Crippen LogP contribution in [0.15, 0.2) is 18.2 Å². The molecule has 0 amide bonds. The van der Waals surface area contributed by atoms with Gasteiger partial charge in [-0.25, -0.2) is 4.39 Å². The molecule has 5 heteroatoms. The smallest absolute Gasteiger partial charge is 0.278 e. The first-order chi connectivity index (χ1) is 6.20. The zero-order valence-electron chi connectivity index (χ0n) is 6.57. The number of hydrogen-bond donors (Lipinski definition) is 0. The molecule has 1 aliphatic rings. The highest BCUT2D eigenvalue weighted by molar-refractivity contribution is 5.43. The van der Waals surface area contributed by atoms with Crippen molar-refractivity contribution in [2.75, 3.05) is 6.61 Å². The Kier molecular flexibility index (Phi) is 1.73. The molecule has 1 aliphatic heterocycles. The van der Waals surface area contributed by atoms with Gasteiger partial charge in [-0.2, -0.15) is 0 Å². The molecule has 0 spiro atoms. The molecule has 0 radical (unpaired) electrons. The quantitative estimate of drug-likeness (QED) is 0.399. The Hall–Kier alpha value is -1.49. The van der Waals surface area contributed by atoms with Gasteiger partial charge in [-0.05, 0) is 6.07 Å². The van der Waals surface area contributed by atoms with Gasteiger partial charge in [-0.1, -0.05) is 6.07 Å².